The van der Waals surface area contributed by atoms with Crippen molar-refractivity contribution in [2.45, 2.75) is 44.7 Å². The van der Waals surface area contributed by atoms with Gasteiger partial charge < -0.3 is 10.5 Å². The van der Waals surface area contributed by atoms with E-state index in [9.17, 15) is 4.79 Å². The minimum absolute atomic E-state index is 0.331. The Morgan fingerprint density at radius 1 is 1.33 bits per heavy atom. The highest BCUT2D eigenvalue weighted by atomic mass is 16.5. The van der Waals surface area contributed by atoms with Crippen LogP contribution >= 0.6 is 0 Å². The van der Waals surface area contributed by atoms with Crippen LogP contribution in [0, 0.1) is 5.92 Å². The Labute approximate surface area is 126 Å². The van der Waals surface area contributed by atoms with Crippen molar-refractivity contribution >= 4 is 11.7 Å². The number of hydrogen-bond donors (Lipinski definition) is 1. The highest BCUT2D eigenvalue weighted by Gasteiger charge is 2.35. The third kappa shape index (κ3) is 2.77. The van der Waals surface area contributed by atoms with Crippen molar-refractivity contribution in [1.82, 2.24) is 4.90 Å². The fourth-order valence-electron chi connectivity index (χ4n) is 4.02. The van der Waals surface area contributed by atoms with E-state index in [2.05, 4.69) is 4.90 Å². The van der Waals surface area contributed by atoms with E-state index in [1.165, 1.54) is 39.2 Å². The number of ether oxygens (including phenoxy) is 1. The molecule has 0 amide bonds. The van der Waals surface area contributed by atoms with E-state index in [1.54, 1.807) is 6.07 Å². The highest BCUT2D eigenvalue weighted by Crippen LogP contribution is 2.37. The van der Waals surface area contributed by atoms with Gasteiger partial charge in [-0.3, -0.25) is 4.90 Å². The molecule has 114 valence electrons. The minimum atomic E-state index is -0.331. The molecule has 1 aliphatic carbocycles. The Hall–Kier alpha value is -1.55. The number of hydrogen-bond acceptors (Lipinski definition) is 4. The molecule has 2 fully saturated rings. The average molecular weight is 288 g/mol. The van der Waals surface area contributed by atoms with Crippen molar-refractivity contribution in [3.63, 3.8) is 0 Å². The van der Waals surface area contributed by atoms with Gasteiger partial charge in [-0.25, -0.2) is 4.79 Å². The quantitative estimate of drug-likeness (QED) is 0.686. The topological polar surface area (TPSA) is 55.6 Å². The zero-order valence-electron chi connectivity index (χ0n) is 12.7. The number of nitrogens with two attached hydrogens (primary N) is 1. The minimum Gasteiger partial charge on any atom is -0.465 e. The fraction of sp³-hybridized carbons (Fsp3) is 0.588. The number of likely N-dealkylation sites (tertiary alicyclic amines) is 1. The lowest BCUT2D eigenvalue weighted by molar-refractivity contribution is 0.0599. The van der Waals surface area contributed by atoms with Gasteiger partial charge in [0.15, 0.2) is 0 Å². The molecule has 0 spiro atoms. The zero-order chi connectivity index (χ0) is 14.8. The van der Waals surface area contributed by atoms with Crippen LogP contribution in [0.25, 0.3) is 0 Å². The molecule has 1 aromatic carbocycles. The van der Waals surface area contributed by atoms with Crippen LogP contribution in [0.1, 0.15) is 48.0 Å². The van der Waals surface area contributed by atoms with Gasteiger partial charge in [-0.05, 0) is 43.4 Å². The summed E-state index contributed by atoms with van der Waals surface area (Å²) in [5.41, 5.74) is 8.03. The molecule has 21 heavy (non-hydrogen) atoms. The van der Waals surface area contributed by atoms with E-state index in [-0.39, 0.29) is 5.97 Å². The molecule has 2 aliphatic rings. The summed E-state index contributed by atoms with van der Waals surface area (Å²) in [6.07, 6.45) is 6.65. The predicted molar refractivity (Wildman–Crippen MR) is 83.0 cm³/mol. The maximum atomic E-state index is 12.0. The molecule has 4 heteroatoms. The lowest BCUT2D eigenvalue weighted by Crippen LogP contribution is -2.34. The zero-order valence-corrected chi connectivity index (χ0v) is 12.7. The first kappa shape index (κ1) is 14.4. The van der Waals surface area contributed by atoms with Crippen LogP contribution in [0.2, 0.25) is 0 Å². The molecule has 2 N–H and O–H groups in total. The van der Waals surface area contributed by atoms with Crippen LogP contribution < -0.4 is 5.73 Å². The predicted octanol–water partition coefficient (Wildman–Crippen LogP) is 2.82. The number of nitrogens with zero attached hydrogens (tertiary/aromatic N) is 1. The SMILES string of the molecule is COC(=O)c1c(N)cccc1CN1CCC2CCCCC21. The number of methoxy groups -OCH3 is 1. The first-order valence-corrected chi connectivity index (χ1v) is 7.90. The molecule has 1 aliphatic heterocycles. The number of anilines is 1. The molecule has 1 saturated carbocycles. The molecule has 0 bridgehead atoms. The average Bonchev–Trinajstić information content (AvgIpc) is 2.90. The summed E-state index contributed by atoms with van der Waals surface area (Å²) in [7, 11) is 1.41. The first-order chi connectivity index (χ1) is 10.2. The van der Waals surface area contributed by atoms with E-state index in [4.69, 9.17) is 10.5 Å². The summed E-state index contributed by atoms with van der Waals surface area (Å²) in [6.45, 7) is 1.93. The summed E-state index contributed by atoms with van der Waals surface area (Å²) < 4.78 is 4.89. The van der Waals surface area contributed by atoms with Crippen molar-refractivity contribution in [2.75, 3.05) is 19.4 Å². The number of rotatable bonds is 3. The van der Waals surface area contributed by atoms with Gasteiger partial charge in [0.1, 0.15) is 0 Å². The van der Waals surface area contributed by atoms with Gasteiger partial charge in [-0.1, -0.05) is 25.0 Å². The van der Waals surface area contributed by atoms with Crippen LogP contribution in [-0.4, -0.2) is 30.6 Å². The van der Waals surface area contributed by atoms with E-state index in [0.717, 1.165) is 24.6 Å². The third-order valence-electron chi connectivity index (χ3n) is 5.07. The maximum absolute atomic E-state index is 12.0. The molecular formula is C17H24N2O2. The van der Waals surface area contributed by atoms with Gasteiger partial charge in [0.05, 0.1) is 12.7 Å². The Morgan fingerprint density at radius 3 is 2.95 bits per heavy atom. The van der Waals surface area contributed by atoms with Crippen molar-refractivity contribution in [3.05, 3.63) is 29.3 Å². The second-order valence-electron chi connectivity index (χ2n) is 6.24. The van der Waals surface area contributed by atoms with E-state index >= 15 is 0 Å². The monoisotopic (exact) mass is 288 g/mol. The van der Waals surface area contributed by atoms with Crippen LogP contribution in [-0.2, 0) is 11.3 Å². The Bertz CT molecular complexity index is 530. The maximum Gasteiger partial charge on any atom is 0.340 e. The standard InChI is InChI=1S/C17H24N2O2/c1-21-17(20)16-13(6-4-7-14(16)18)11-19-10-9-12-5-2-3-8-15(12)19/h4,6-7,12,15H,2-3,5,8-11,18H2,1H3. The summed E-state index contributed by atoms with van der Waals surface area (Å²) in [6, 6.07) is 6.37. The van der Waals surface area contributed by atoms with Crippen LogP contribution in [0.15, 0.2) is 18.2 Å². The number of nitrogen functional groups attached to an aromatic ring is 1. The second kappa shape index (κ2) is 6.06. The highest BCUT2D eigenvalue weighted by molar-refractivity contribution is 5.96. The lowest BCUT2D eigenvalue weighted by Gasteiger charge is -2.32. The van der Waals surface area contributed by atoms with Crippen molar-refractivity contribution in [2.24, 2.45) is 5.92 Å². The van der Waals surface area contributed by atoms with Crippen LogP contribution in [0.4, 0.5) is 5.69 Å². The largest absolute Gasteiger partial charge is 0.465 e. The molecule has 4 nitrogen and oxygen atoms in total. The summed E-state index contributed by atoms with van der Waals surface area (Å²) >= 11 is 0. The number of fused-ring (bicyclic) bond motifs is 1. The number of carbonyl (C=O) groups excluding carboxylic acids is 1. The van der Waals surface area contributed by atoms with E-state index in [1.807, 2.05) is 12.1 Å². The summed E-state index contributed by atoms with van der Waals surface area (Å²) in [4.78, 5) is 14.5. The van der Waals surface area contributed by atoms with Crippen molar-refractivity contribution < 1.29 is 9.53 Å². The molecule has 2 unspecified atom stereocenters. The molecule has 1 heterocycles. The number of benzene rings is 1. The van der Waals surface area contributed by atoms with E-state index in [0.29, 0.717) is 17.3 Å². The van der Waals surface area contributed by atoms with Gasteiger partial charge in [-0.2, -0.15) is 0 Å². The molecule has 3 rings (SSSR count). The Morgan fingerprint density at radius 2 is 2.14 bits per heavy atom. The Kier molecular flexibility index (Phi) is 4.15. The van der Waals surface area contributed by atoms with Crippen LogP contribution in [0.3, 0.4) is 0 Å². The van der Waals surface area contributed by atoms with Gasteiger partial charge in [0.25, 0.3) is 0 Å². The van der Waals surface area contributed by atoms with Gasteiger partial charge in [0, 0.05) is 18.3 Å². The first-order valence-electron chi connectivity index (χ1n) is 7.90. The molecule has 2 atom stereocenters. The Balaban J connectivity index is 1.82. The fourth-order valence-corrected chi connectivity index (χ4v) is 4.02. The third-order valence-corrected chi connectivity index (χ3v) is 5.07. The molecular weight excluding hydrogens is 264 g/mol. The normalized spacial score (nSPS) is 25.6. The van der Waals surface area contributed by atoms with Crippen LogP contribution in [0.5, 0.6) is 0 Å². The van der Waals surface area contributed by atoms with E-state index < -0.39 is 0 Å². The number of esters is 1. The molecule has 1 aromatic rings. The molecule has 0 radical (unpaired) electrons. The smallest absolute Gasteiger partial charge is 0.340 e. The second-order valence-corrected chi connectivity index (χ2v) is 6.24. The molecule has 1 saturated heterocycles. The van der Waals surface area contributed by atoms with Gasteiger partial charge in [-0.15, -0.1) is 0 Å². The van der Waals surface area contributed by atoms with Crippen molar-refractivity contribution in [3.8, 4) is 0 Å². The summed E-state index contributed by atoms with van der Waals surface area (Å²) in [5.74, 6) is 0.517. The van der Waals surface area contributed by atoms with Gasteiger partial charge in [0.2, 0.25) is 0 Å². The molecule has 0 aromatic heterocycles. The van der Waals surface area contributed by atoms with Crippen molar-refractivity contribution in [1.29, 1.82) is 0 Å². The number of carbonyl (C=O) groups is 1. The van der Waals surface area contributed by atoms with Gasteiger partial charge >= 0.3 is 5.97 Å². The lowest BCUT2D eigenvalue weighted by atomic mass is 9.85. The summed E-state index contributed by atoms with van der Waals surface area (Å²) in [5, 5.41) is 0.